The monoisotopic (exact) mass is 772 g/mol. The molecule has 1 heterocycles. The van der Waals surface area contributed by atoms with Crippen molar-refractivity contribution < 1.29 is 0 Å². The van der Waals surface area contributed by atoms with Crippen molar-refractivity contribution >= 4 is 45.6 Å². The van der Waals surface area contributed by atoms with Gasteiger partial charge in [0.15, 0.2) is 0 Å². The molecule has 0 saturated carbocycles. The number of rotatable bonds is 6. The highest BCUT2D eigenvalue weighted by atomic mass is 28.3. The number of hydrogen-bond acceptors (Lipinski definition) is 0. The topological polar surface area (TPSA) is 0 Å². The fraction of sp³-hybridized carbons (Fsp3) is 0.138. The van der Waals surface area contributed by atoms with Gasteiger partial charge in [-0.3, -0.25) is 0 Å². The zero-order valence-corrected chi connectivity index (χ0v) is 35.0. The Balaban J connectivity index is 1.10. The van der Waals surface area contributed by atoms with E-state index in [0.29, 0.717) is 5.92 Å². The summed E-state index contributed by atoms with van der Waals surface area (Å²) >= 11 is 0. The van der Waals surface area contributed by atoms with Crippen molar-refractivity contribution in [3.63, 3.8) is 0 Å². The summed E-state index contributed by atoms with van der Waals surface area (Å²) in [5.74, 6) is 0.464. The third-order valence-electron chi connectivity index (χ3n) is 13.6. The minimum Gasteiger partial charge on any atom is -0.0842 e. The van der Waals surface area contributed by atoms with E-state index in [1.807, 2.05) is 0 Å². The molecule has 7 aromatic rings. The molecule has 1 heteroatoms. The van der Waals surface area contributed by atoms with E-state index in [4.69, 9.17) is 0 Å². The van der Waals surface area contributed by atoms with E-state index in [-0.39, 0.29) is 0 Å². The smallest absolute Gasteiger partial charge is 0.0842 e. The molecule has 0 nitrogen and oxygen atoms in total. The summed E-state index contributed by atoms with van der Waals surface area (Å²) in [6.45, 7) is 5.14. The second-order valence-corrected chi connectivity index (χ2v) is 21.7. The van der Waals surface area contributed by atoms with E-state index in [1.165, 1.54) is 93.9 Å². The highest BCUT2D eigenvalue weighted by Crippen LogP contribution is 2.46. The fourth-order valence-electron chi connectivity index (χ4n) is 10.4. The second-order valence-electron chi connectivity index (χ2n) is 17.4. The van der Waals surface area contributed by atoms with Crippen LogP contribution in [0.15, 0.2) is 199 Å². The lowest BCUT2D eigenvalue weighted by molar-refractivity contribution is 0.854. The minimum atomic E-state index is -2.08. The van der Waals surface area contributed by atoms with Crippen LogP contribution in [0, 0.1) is 0 Å². The Labute approximate surface area is 350 Å². The van der Waals surface area contributed by atoms with Crippen LogP contribution in [0.1, 0.15) is 49.1 Å². The maximum atomic E-state index is 2.64. The van der Waals surface area contributed by atoms with E-state index in [2.05, 4.69) is 201 Å². The first-order valence-electron chi connectivity index (χ1n) is 21.5. The van der Waals surface area contributed by atoms with Crippen molar-refractivity contribution in [2.24, 2.45) is 0 Å². The molecule has 0 fully saturated rings. The molecular formula is C58H48Si. The lowest BCUT2D eigenvalue weighted by Gasteiger charge is -2.24. The number of allylic oxidation sites excluding steroid dienone is 12. The highest BCUT2D eigenvalue weighted by molar-refractivity contribution is 7.04. The quantitative estimate of drug-likeness (QED) is 0.117. The first-order valence-corrected chi connectivity index (χ1v) is 24.5. The van der Waals surface area contributed by atoms with Crippen LogP contribution in [0.5, 0.6) is 0 Å². The molecule has 0 spiro atoms. The molecule has 1 aliphatic heterocycles. The van der Waals surface area contributed by atoms with Crippen molar-refractivity contribution in [2.75, 3.05) is 0 Å². The van der Waals surface area contributed by atoms with Crippen LogP contribution in [0.3, 0.4) is 0 Å². The first-order chi connectivity index (χ1) is 29.0. The van der Waals surface area contributed by atoms with Gasteiger partial charge in [-0.15, -0.1) is 0 Å². The Hall–Kier alpha value is -6.28. The molecule has 0 radical (unpaired) electrons. The lowest BCUT2D eigenvalue weighted by Crippen LogP contribution is -2.49. The van der Waals surface area contributed by atoms with Gasteiger partial charge in [0.25, 0.3) is 0 Å². The predicted octanol–water partition coefficient (Wildman–Crippen LogP) is 14.8. The van der Waals surface area contributed by atoms with E-state index in [1.54, 1.807) is 10.4 Å². The Kier molecular flexibility index (Phi) is 8.82. The first kappa shape index (κ1) is 35.8. The third kappa shape index (κ3) is 6.19. The molecule has 11 rings (SSSR count). The molecular weight excluding hydrogens is 725 g/mol. The van der Waals surface area contributed by atoms with Crippen molar-refractivity contribution in [2.45, 2.75) is 51.1 Å². The summed E-state index contributed by atoms with van der Waals surface area (Å²) < 4.78 is 0. The maximum absolute atomic E-state index is 2.64. The van der Waals surface area contributed by atoms with Crippen LogP contribution in [0.4, 0.5) is 0 Å². The lowest BCUT2D eigenvalue weighted by atomic mass is 9.81. The SMILES string of the molecule is C[Si]1(C)c2cc(-c3ccc(C4C=CC=CC4)cc3)ccc2-c2cc3c(C4=CC=C(C5=CC=CCC5)CC4)c4ccccc4c(-c4ccc(-c5ccccc5)cc4)c3cc21. The average Bonchev–Trinajstić information content (AvgIpc) is 3.52. The van der Waals surface area contributed by atoms with Crippen LogP contribution in [-0.4, -0.2) is 8.07 Å². The average molecular weight is 773 g/mol. The van der Waals surface area contributed by atoms with Crippen molar-refractivity contribution in [1.82, 2.24) is 0 Å². The summed E-state index contributed by atoms with van der Waals surface area (Å²) in [5, 5.41) is 8.51. The standard InChI is InChI=1S/C58H48Si/c1-59(2)55-36-48(45-24-22-42(23-25-45)39-14-6-3-7-15-39)34-35-49(55)52-37-53-54(38-56(52)59)58(47-32-28-44(29-33-47)41-18-10-5-11-19-41)51-21-13-12-20-50(51)57(53)46-30-26-43(27-31-46)40-16-8-4-9-17-40/h3-8,10-14,16,18-26,28-30,32-39H,9,15,17,27,31H2,1-2H3. The number of benzene rings is 7. The Morgan fingerprint density at radius 2 is 1.07 bits per heavy atom. The van der Waals surface area contributed by atoms with Crippen LogP contribution < -0.4 is 10.4 Å². The van der Waals surface area contributed by atoms with Crippen molar-refractivity contribution in [1.29, 1.82) is 0 Å². The van der Waals surface area contributed by atoms with E-state index < -0.39 is 8.07 Å². The number of hydrogen-bond donors (Lipinski definition) is 0. The Bertz CT molecular complexity index is 3000. The number of fused-ring (bicyclic) bond motifs is 5. The third-order valence-corrected chi connectivity index (χ3v) is 17.2. The van der Waals surface area contributed by atoms with Crippen molar-refractivity contribution in [3.05, 3.63) is 210 Å². The molecule has 1 unspecified atom stereocenters. The van der Waals surface area contributed by atoms with Crippen LogP contribution in [0.25, 0.3) is 71.6 Å². The van der Waals surface area contributed by atoms with Gasteiger partial charge in [0, 0.05) is 5.92 Å². The van der Waals surface area contributed by atoms with E-state index in [9.17, 15) is 0 Å². The minimum absolute atomic E-state index is 0.464. The molecule has 4 aliphatic rings. The second kappa shape index (κ2) is 14.5. The highest BCUT2D eigenvalue weighted by Gasteiger charge is 2.38. The normalized spacial score (nSPS) is 17.7. The summed E-state index contributed by atoms with van der Waals surface area (Å²) in [7, 11) is -2.08. The summed E-state index contributed by atoms with van der Waals surface area (Å²) in [4.78, 5) is 0. The molecule has 7 aromatic carbocycles. The van der Waals surface area contributed by atoms with Gasteiger partial charge in [0.1, 0.15) is 8.07 Å². The zero-order valence-electron chi connectivity index (χ0n) is 34.0. The van der Waals surface area contributed by atoms with Crippen LogP contribution in [0.2, 0.25) is 13.1 Å². The molecule has 0 bridgehead atoms. The molecule has 0 saturated heterocycles. The van der Waals surface area contributed by atoms with Gasteiger partial charge in [0.05, 0.1) is 0 Å². The maximum Gasteiger partial charge on any atom is 0.113 e. The molecule has 59 heavy (non-hydrogen) atoms. The van der Waals surface area contributed by atoms with Crippen molar-refractivity contribution in [3.8, 4) is 44.5 Å². The van der Waals surface area contributed by atoms with Gasteiger partial charge in [-0.2, -0.15) is 0 Å². The summed E-state index contributed by atoms with van der Waals surface area (Å²) in [6, 6.07) is 51.2. The van der Waals surface area contributed by atoms with Gasteiger partial charge in [-0.25, -0.2) is 0 Å². The van der Waals surface area contributed by atoms with E-state index in [0.717, 1.165) is 32.1 Å². The van der Waals surface area contributed by atoms with Gasteiger partial charge in [-0.05, 0) is 142 Å². The van der Waals surface area contributed by atoms with E-state index >= 15 is 0 Å². The van der Waals surface area contributed by atoms with Crippen LogP contribution in [-0.2, 0) is 0 Å². The van der Waals surface area contributed by atoms with Gasteiger partial charge in [-0.1, -0.05) is 195 Å². The van der Waals surface area contributed by atoms with Crippen LogP contribution >= 0.6 is 0 Å². The van der Waals surface area contributed by atoms with Gasteiger partial charge in [0.2, 0.25) is 0 Å². The molecule has 0 aromatic heterocycles. The van der Waals surface area contributed by atoms with Gasteiger partial charge < -0.3 is 0 Å². The Morgan fingerprint density at radius 3 is 1.80 bits per heavy atom. The molecule has 1 atom stereocenters. The zero-order chi connectivity index (χ0) is 39.5. The molecule has 284 valence electrons. The predicted molar refractivity (Wildman–Crippen MR) is 257 cm³/mol. The molecule has 0 amide bonds. The summed E-state index contributed by atoms with van der Waals surface area (Å²) in [5.41, 5.74) is 17.8. The molecule has 3 aliphatic carbocycles. The largest absolute Gasteiger partial charge is 0.113 e. The fourth-order valence-corrected chi connectivity index (χ4v) is 13.5. The van der Waals surface area contributed by atoms with Gasteiger partial charge >= 0.3 is 0 Å². The Morgan fingerprint density at radius 1 is 0.441 bits per heavy atom. The molecule has 0 N–H and O–H groups in total. The summed E-state index contributed by atoms with van der Waals surface area (Å²) in [6.07, 6.45) is 26.1.